The van der Waals surface area contributed by atoms with Gasteiger partial charge in [-0.05, 0) is 18.1 Å². The number of anilines is 2. The Balaban J connectivity index is 1.68. The first-order chi connectivity index (χ1) is 12.3. The Morgan fingerprint density at radius 3 is 2.81 bits per heavy atom. The molecule has 0 unspecified atom stereocenters. The van der Waals surface area contributed by atoms with Crippen LogP contribution in [0.4, 0.5) is 10.8 Å². The molecule has 1 aromatic carbocycles. The van der Waals surface area contributed by atoms with Crippen molar-refractivity contribution in [2.45, 2.75) is 33.6 Å². The van der Waals surface area contributed by atoms with Crippen LogP contribution in [0.5, 0.6) is 5.75 Å². The number of carbonyl (C=O) groups excluding carboxylic acids is 2. The van der Waals surface area contributed by atoms with Gasteiger partial charge >= 0.3 is 0 Å². The molecular weight excluding hydrogens is 350 g/mol. The van der Waals surface area contributed by atoms with Crippen LogP contribution in [0.15, 0.2) is 23.6 Å². The highest BCUT2D eigenvalue weighted by Crippen LogP contribution is 2.32. The molecule has 1 aliphatic rings. The average molecular weight is 373 g/mol. The molecule has 3 rings (SSSR count). The molecule has 2 heterocycles. The van der Waals surface area contributed by atoms with Gasteiger partial charge in [-0.1, -0.05) is 26.8 Å². The summed E-state index contributed by atoms with van der Waals surface area (Å²) >= 11 is 1.34. The summed E-state index contributed by atoms with van der Waals surface area (Å²) in [6.45, 7) is 6.21. The molecular formula is C19H23N3O3S. The van der Waals surface area contributed by atoms with Gasteiger partial charge in [0.1, 0.15) is 5.75 Å². The second kappa shape index (κ2) is 7.07. The van der Waals surface area contributed by atoms with Crippen LogP contribution in [0.3, 0.4) is 0 Å². The van der Waals surface area contributed by atoms with E-state index in [4.69, 9.17) is 4.74 Å². The van der Waals surface area contributed by atoms with Crippen LogP contribution in [0, 0.1) is 5.41 Å². The number of methoxy groups -OCH3 is 1. The second-order valence-electron chi connectivity index (χ2n) is 7.31. The fourth-order valence-corrected chi connectivity index (χ4v) is 3.43. The lowest BCUT2D eigenvalue weighted by molar-refractivity contribution is -0.123. The summed E-state index contributed by atoms with van der Waals surface area (Å²) in [5.41, 5.74) is 2.24. The third kappa shape index (κ3) is 3.88. The molecule has 1 N–H and O–H groups in total. The van der Waals surface area contributed by atoms with E-state index in [-0.39, 0.29) is 18.2 Å². The quantitative estimate of drug-likeness (QED) is 0.893. The van der Waals surface area contributed by atoms with Crippen LogP contribution in [0.2, 0.25) is 0 Å². The maximum atomic E-state index is 12.7. The molecule has 0 bridgehead atoms. The predicted octanol–water partition coefficient (Wildman–Crippen LogP) is 3.27. The Bertz CT molecular complexity index is 839. The lowest BCUT2D eigenvalue weighted by atomic mass is 9.96. The Kier molecular flexibility index (Phi) is 5.00. The Morgan fingerprint density at radius 1 is 1.35 bits per heavy atom. The number of benzene rings is 1. The largest absolute Gasteiger partial charge is 0.497 e. The van der Waals surface area contributed by atoms with Crippen molar-refractivity contribution in [1.29, 1.82) is 0 Å². The monoisotopic (exact) mass is 373 g/mol. The van der Waals surface area contributed by atoms with Gasteiger partial charge in [-0.3, -0.25) is 9.59 Å². The molecule has 0 aliphatic carbocycles. The number of fused-ring (bicyclic) bond motifs is 1. The normalized spacial score (nSPS) is 13.5. The average Bonchev–Trinajstić information content (AvgIpc) is 3.19. The topological polar surface area (TPSA) is 71.5 Å². The minimum Gasteiger partial charge on any atom is -0.497 e. The summed E-state index contributed by atoms with van der Waals surface area (Å²) in [7, 11) is 1.62. The number of hydrogen-bond acceptors (Lipinski definition) is 5. The number of nitrogens with zero attached hydrogens (tertiary/aromatic N) is 2. The Morgan fingerprint density at radius 2 is 2.12 bits per heavy atom. The lowest BCUT2D eigenvalue weighted by Gasteiger charge is -2.17. The fraction of sp³-hybridized carbons (Fsp3) is 0.421. The molecule has 7 heteroatoms. The van der Waals surface area contributed by atoms with Gasteiger partial charge in [0.2, 0.25) is 11.8 Å². The molecule has 2 aromatic rings. The maximum Gasteiger partial charge on any atom is 0.233 e. The zero-order valence-corrected chi connectivity index (χ0v) is 16.3. The van der Waals surface area contributed by atoms with Crippen molar-refractivity contribution in [1.82, 2.24) is 4.98 Å². The minimum atomic E-state index is -0.486. The predicted molar refractivity (Wildman–Crippen MR) is 103 cm³/mol. The van der Waals surface area contributed by atoms with Gasteiger partial charge < -0.3 is 15.0 Å². The molecule has 26 heavy (non-hydrogen) atoms. The summed E-state index contributed by atoms with van der Waals surface area (Å²) in [5.74, 6) is 0.644. The molecule has 2 amide bonds. The number of nitrogens with one attached hydrogen (secondary N) is 1. The fourth-order valence-electron chi connectivity index (χ4n) is 2.73. The molecule has 1 aliphatic heterocycles. The van der Waals surface area contributed by atoms with Crippen molar-refractivity contribution in [3.63, 3.8) is 0 Å². The molecule has 0 radical (unpaired) electrons. The standard InChI is InChI=1S/C19H23N3O3S/c1-19(2,3)17(24)21-18-20-13(11-26-18)9-16(23)22-8-7-12-5-6-14(25-4)10-15(12)22/h5-6,10-11H,7-9H2,1-4H3,(H,20,21,24). The van der Waals surface area contributed by atoms with E-state index in [9.17, 15) is 9.59 Å². The number of aromatic nitrogens is 1. The van der Waals surface area contributed by atoms with Crippen LogP contribution in [0.1, 0.15) is 32.0 Å². The van der Waals surface area contributed by atoms with E-state index in [0.717, 1.165) is 23.4 Å². The number of thiazole rings is 1. The molecule has 0 spiro atoms. The summed E-state index contributed by atoms with van der Waals surface area (Å²) in [4.78, 5) is 30.9. The van der Waals surface area contributed by atoms with E-state index in [0.29, 0.717) is 17.4 Å². The van der Waals surface area contributed by atoms with E-state index in [1.54, 1.807) is 12.0 Å². The number of amides is 2. The SMILES string of the molecule is COc1ccc2c(c1)N(C(=O)Cc1csc(NC(=O)C(C)(C)C)n1)CC2. The molecule has 0 saturated carbocycles. The number of ether oxygens (including phenoxy) is 1. The smallest absolute Gasteiger partial charge is 0.233 e. The van der Waals surface area contributed by atoms with E-state index >= 15 is 0 Å². The van der Waals surface area contributed by atoms with Gasteiger partial charge in [-0.2, -0.15) is 0 Å². The summed E-state index contributed by atoms with van der Waals surface area (Å²) < 4.78 is 5.26. The second-order valence-corrected chi connectivity index (χ2v) is 8.17. The van der Waals surface area contributed by atoms with Gasteiger partial charge in [0.25, 0.3) is 0 Å². The van der Waals surface area contributed by atoms with Crippen LogP contribution in [-0.2, 0) is 22.4 Å². The molecule has 0 saturated heterocycles. The van der Waals surface area contributed by atoms with Crippen LogP contribution < -0.4 is 15.0 Å². The van der Waals surface area contributed by atoms with Crippen molar-refractivity contribution < 1.29 is 14.3 Å². The molecule has 138 valence electrons. The molecule has 0 fully saturated rings. The lowest BCUT2D eigenvalue weighted by Crippen LogP contribution is -2.30. The third-order valence-corrected chi connectivity index (χ3v) is 5.08. The van der Waals surface area contributed by atoms with Gasteiger partial charge in [0, 0.05) is 23.4 Å². The number of hydrogen-bond donors (Lipinski definition) is 1. The Labute approximate surface area is 157 Å². The first-order valence-electron chi connectivity index (χ1n) is 8.51. The van der Waals surface area contributed by atoms with Crippen molar-refractivity contribution in [2.24, 2.45) is 5.41 Å². The zero-order chi connectivity index (χ0) is 18.9. The van der Waals surface area contributed by atoms with Gasteiger partial charge in [0.15, 0.2) is 5.13 Å². The summed E-state index contributed by atoms with van der Waals surface area (Å²) in [5, 5.41) is 5.15. The van der Waals surface area contributed by atoms with E-state index in [2.05, 4.69) is 10.3 Å². The van der Waals surface area contributed by atoms with E-state index in [1.807, 2.05) is 44.4 Å². The highest BCUT2D eigenvalue weighted by Gasteiger charge is 2.26. The van der Waals surface area contributed by atoms with Crippen molar-refractivity contribution >= 4 is 34.0 Å². The summed E-state index contributed by atoms with van der Waals surface area (Å²) in [6, 6.07) is 5.82. The molecule has 6 nitrogen and oxygen atoms in total. The third-order valence-electron chi connectivity index (χ3n) is 4.27. The van der Waals surface area contributed by atoms with Crippen molar-refractivity contribution in [3.05, 3.63) is 34.8 Å². The van der Waals surface area contributed by atoms with Gasteiger partial charge in [0.05, 0.1) is 24.9 Å². The van der Waals surface area contributed by atoms with Crippen molar-refractivity contribution in [2.75, 3.05) is 23.9 Å². The van der Waals surface area contributed by atoms with Gasteiger partial charge in [-0.15, -0.1) is 11.3 Å². The molecule has 1 aromatic heterocycles. The number of carbonyl (C=O) groups is 2. The van der Waals surface area contributed by atoms with Crippen LogP contribution >= 0.6 is 11.3 Å². The van der Waals surface area contributed by atoms with Crippen LogP contribution in [-0.4, -0.2) is 30.5 Å². The zero-order valence-electron chi connectivity index (χ0n) is 15.5. The van der Waals surface area contributed by atoms with E-state index < -0.39 is 5.41 Å². The van der Waals surface area contributed by atoms with Gasteiger partial charge in [-0.25, -0.2) is 4.98 Å². The van der Waals surface area contributed by atoms with E-state index in [1.165, 1.54) is 11.3 Å². The van der Waals surface area contributed by atoms with Crippen LogP contribution in [0.25, 0.3) is 0 Å². The maximum absolute atomic E-state index is 12.7. The Hall–Kier alpha value is -2.41. The highest BCUT2D eigenvalue weighted by atomic mass is 32.1. The highest BCUT2D eigenvalue weighted by molar-refractivity contribution is 7.13. The first kappa shape index (κ1) is 18.4. The first-order valence-corrected chi connectivity index (χ1v) is 9.39. The number of rotatable bonds is 4. The molecule has 0 atom stereocenters. The summed E-state index contributed by atoms with van der Waals surface area (Å²) in [6.07, 6.45) is 1.05. The minimum absolute atomic E-state index is 0.00370. The van der Waals surface area contributed by atoms with Crippen molar-refractivity contribution in [3.8, 4) is 5.75 Å².